The number of ether oxygens (including phenoxy) is 2. The molecule has 2 saturated heterocycles. The van der Waals surface area contributed by atoms with Crippen LogP contribution in [0.5, 0.6) is 0 Å². The molecule has 1 aliphatic carbocycles. The van der Waals surface area contributed by atoms with E-state index in [1.54, 1.807) is 6.20 Å². The highest BCUT2D eigenvalue weighted by atomic mass is 16.5. The molecule has 5 heteroatoms. The number of aromatic nitrogens is 1. The molecular weight excluding hydrogens is 316 g/mol. The topological polar surface area (TPSA) is 51.7 Å². The summed E-state index contributed by atoms with van der Waals surface area (Å²) >= 11 is 0. The molecule has 4 rings (SSSR count). The van der Waals surface area contributed by atoms with Crippen molar-refractivity contribution < 1.29 is 14.3 Å². The Balaban J connectivity index is 1.26. The van der Waals surface area contributed by atoms with Crippen LogP contribution in [-0.4, -0.2) is 54.8 Å². The molecule has 25 heavy (non-hydrogen) atoms. The van der Waals surface area contributed by atoms with Crippen molar-refractivity contribution in [2.75, 3.05) is 32.9 Å². The number of amides is 1. The number of aryl methyl sites for hydroxylation is 1. The van der Waals surface area contributed by atoms with E-state index in [9.17, 15) is 4.79 Å². The Morgan fingerprint density at radius 3 is 2.80 bits per heavy atom. The van der Waals surface area contributed by atoms with Gasteiger partial charge in [0.15, 0.2) is 0 Å². The summed E-state index contributed by atoms with van der Waals surface area (Å²) in [5, 5.41) is 0. The van der Waals surface area contributed by atoms with Crippen molar-refractivity contribution in [3.05, 3.63) is 29.6 Å². The second-order valence-electron chi connectivity index (χ2n) is 8.10. The van der Waals surface area contributed by atoms with Crippen molar-refractivity contribution in [3.8, 4) is 0 Å². The minimum absolute atomic E-state index is 0.102. The van der Waals surface area contributed by atoms with Crippen LogP contribution in [0.3, 0.4) is 0 Å². The lowest BCUT2D eigenvalue weighted by atomic mass is 9.76. The van der Waals surface area contributed by atoms with Crippen molar-refractivity contribution in [1.82, 2.24) is 9.88 Å². The molecule has 3 fully saturated rings. The Morgan fingerprint density at radius 1 is 1.32 bits per heavy atom. The number of carbonyl (C=O) groups is 1. The zero-order chi connectivity index (χ0) is 17.3. The van der Waals surface area contributed by atoms with Crippen LogP contribution in [-0.2, 0) is 9.47 Å². The summed E-state index contributed by atoms with van der Waals surface area (Å²) in [6.45, 7) is 6.01. The lowest BCUT2D eigenvalue weighted by Crippen LogP contribution is -2.43. The average Bonchev–Trinajstić information content (AvgIpc) is 3.37. The summed E-state index contributed by atoms with van der Waals surface area (Å²) < 4.78 is 11.8. The number of pyridine rings is 1. The predicted molar refractivity (Wildman–Crippen MR) is 94.4 cm³/mol. The van der Waals surface area contributed by atoms with Gasteiger partial charge in [0, 0.05) is 31.6 Å². The number of hydrogen-bond acceptors (Lipinski definition) is 4. The zero-order valence-corrected chi connectivity index (χ0v) is 15.1. The molecule has 0 radical (unpaired) electrons. The lowest BCUT2D eigenvalue weighted by molar-refractivity contribution is 0.00938. The van der Waals surface area contributed by atoms with E-state index in [1.807, 2.05) is 24.0 Å². The van der Waals surface area contributed by atoms with Crippen molar-refractivity contribution in [2.45, 2.75) is 45.1 Å². The third kappa shape index (κ3) is 4.04. The van der Waals surface area contributed by atoms with Gasteiger partial charge >= 0.3 is 0 Å². The van der Waals surface area contributed by atoms with Gasteiger partial charge in [-0.1, -0.05) is 0 Å². The van der Waals surface area contributed by atoms with Crippen LogP contribution in [0, 0.1) is 18.3 Å². The first-order chi connectivity index (χ1) is 12.1. The number of hydrogen-bond donors (Lipinski definition) is 0. The van der Waals surface area contributed by atoms with E-state index in [1.165, 1.54) is 12.8 Å². The Bertz CT molecular complexity index is 604. The fourth-order valence-corrected chi connectivity index (χ4v) is 3.96. The van der Waals surface area contributed by atoms with Gasteiger partial charge in [-0.25, -0.2) is 0 Å². The van der Waals surface area contributed by atoms with Gasteiger partial charge in [0.1, 0.15) is 0 Å². The Hall–Kier alpha value is -1.46. The Labute approximate surface area is 149 Å². The highest BCUT2D eigenvalue weighted by Gasteiger charge is 2.43. The molecule has 136 valence electrons. The molecular formula is C20H28N2O3. The van der Waals surface area contributed by atoms with Gasteiger partial charge in [0.05, 0.1) is 24.9 Å². The van der Waals surface area contributed by atoms with E-state index >= 15 is 0 Å². The zero-order valence-electron chi connectivity index (χ0n) is 15.1. The summed E-state index contributed by atoms with van der Waals surface area (Å²) in [6, 6.07) is 3.77. The van der Waals surface area contributed by atoms with Crippen LogP contribution in [0.15, 0.2) is 18.3 Å². The molecule has 1 aromatic heterocycles. The maximum atomic E-state index is 12.6. The normalized spacial score (nSPS) is 25.5. The van der Waals surface area contributed by atoms with Crippen molar-refractivity contribution in [1.29, 1.82) is 0 Å². The third-order valence-electron chi connectivity index (χ3n) is 5.91. The number of piperidine rings is 1. The summed E-state index contributed by atoms with van der Waals surface area (Å²) in [6.07, 6.45) is 7.71. The van der Waals surface area contributed by atoms with E-state index in [2.05, 4.69) is 4.98 Å². The quantitative estimate of drug-likeness (QED) is 0.824. The minimum atomic E-state index is 0.102. The van der Waals surface area contributed by atoms with Crippen LogP contribution < -0.4 is 0 Å². The van der Waals surface area contributed by atoms with Gasteiger partial charge in [-0.3, -0.25) is 9.78 Å². The molecule has 0 unspecified atom stereocenters. The lowest BCUT2D eigenvalue weighted by Gasteiger charge is -2.38. The standard InChI is InChI=1S/C20H28N2O3/c1-15-2-5-17(11-21-15)19(23)22-8-6-20(7-9-22)10-18(25-14-20)13-24-12-16-3-4-16/h2,5,11,16,18H,3-4,6-10,12-14H2,1H3/t18-/m0/s1. The van der Waals surface area contributed by atoms with Gasteiger partial charge in [-0.15, -0.1) is 0 Å². The van der Waals surface area contributed by atoms with Crippen LogP contribution in [0.2, 0.25) is 0 Å². The maximum absolute atomic E-state index is 12.6. The van der Waals surface area contributed by atoms with E-state index in [-0.39, 0.29) is 17.4 Å². The fourth-order valence-electron chi connectivity index (χ4n) is 3.96. The Morgan fingerprint density at radius 2 is 2.12 bits per heavy atom. The molecule has 0 aromatic carbocycles. The second kappa shape index (κ2) is 7.04. The van der Waals surface area contributed by atoms with E-state index in [0.717, 1.165) is 63.8 Å². The maximum Gasteiger partial charge on any atom is 0.255 e. The highest BCUT2D eigenvalue weighted by molar-refractivity contribution is 5.94. The van der Waals surface area contributed by atoms with Gasteiger partial charge in [0.2, 0.25) is 0 Å². The van der Waals surface area contributed by atoms with Crippen molar-refractivity contribution in [3.63, 3.8) is 0 Å². The number of nitrogens with zero attached hydrogens (tertiary/aromatic N) is 2. The van der Waals surface area contributed by atoms with Gasteiger partial charge in [-0.05, 0) is 62.5 Å². The average molecular weight is 344 g/mol. The largest absolute Gasteiger partial charge is 0.378 e. The Kier molecular flexibility index (Phi) is 4.78. The van der Waals surface area contributed by atoms with Crippen molar-refractivity contribution in [2.24, 2.45) is 11.3 Å². The molecule has 1 amide bonds. The van der Waals surface area contributed by atoms with Gasteiger partial charge in [0.25, 0.3) is 5.91 Å². The molecule has 1 spiro atoms. The first-order valence-electron chi connectivity index (χ1n) is 9.55. The molecule has 1 saturated carbocycles. The summed E-state index contributed by atoms with van der Waals surface area (Å²) in [5.41, 5.74) is 1.87. The van der Waals surface area contributed by atoms with Crippen LogP contribution in [0.1, 0.15) is 48.2 Å². The minimum Gasteiger partial charge on any atom is -0.378 e. The monoisotopic (exact) mass is 344 g/mol. The first-order valence-corrected chi connectivity index (χ1v) is 9.55. The second-order valence-corrected chi connectivity index (χ2v) is 8.10. The molecule has 2 aliphatic heterocycles. The first kappa shape index (κ1) is 17.0. The van der Waals surface area contributed by atoms with Crippen molar-refractivity contribution >= 4 is 5.91 Å². The number of carbonyl (C=O) groups excluding carboxylic acids is 1. The molecule has 1 aromatic rings. The number of likely N-dealkylation sites (tertiary alicyclic amines) is 1. The van der Waals surface area contributed by atoms with E-state index in [0.29, 0.717) is 5.56 Å². The summed E-state index contributed by atoms with van der Waals surface area (Å²) in [4.78, 5) is 18.8. The summed E-state index contributed by atoms with van der Waals surface area (Å²) in [7, 11) is 0. The smallest absolute Gasteiger partial charge is 0.255 e. The SMILES string of the molecule is Cc1ccc(C(=O)N2CCC3(CC2)CO[C@H](COCC2CC2)C3)cn1. The van der Waals surface area contributed by atoms with Crippen LogP contribution in [0.25, 0.3) is 0 Å². The van der Waals surface area contributed by atoms with Crippen LogP contribution >= 0.6 is 0 Å². The van der Waals surface area contributed by atoms with Crippen LogP contribution in [0.4, 0.5) is 0 Å². The molecule has 1 atom stereocenters. The summed E-state index contributed by atoms with van der Waals surface area (Å²) in [5.74, 6) is 0.909. The molecule has 0 bridgehead atoms. The molecule has 3 heterocycles. The third-order valence-corrected chi connectivity index (χ3v) is 5.91. The molecule has 3 aliphatic rings. The fraction of sp³-hybridized carbons (Fsp3) is 0.700. The van der Waals surface area contributed by atoms with E-state index in [4.69, 9.17) is 9.47 Å². The van der Waals surface area contributed by atoms with Gasteiger partial charge < -0.3 is 14.4 Å². The molecule has 0 N–H and O–H groups in total. The molecule has 5 nitrogen and oxygen atoms in total. The van der Waals surface area contributed by atoms with E-state index < -0.39 is 0 Å². The predicted octanol–water partition coefficient (Wildman–Crippen LogP) is 2.83. The van der Waals surface area contributed by atoms with Gasteiger partial charge in [-0.2, -0.15) is 0 Å². The number of rotatable bonds is 5. The highest BCUT2D eigenvalue weighted by Crippen LogP contribution is 2.42.